The Morgan fingerprint density at radius 2 is 1.86 bits per heavy atom. The Kier molecular flexibility index (Phi) is 6.36. The van der Waals surface area contributed by atoms with Gasteiger partial charge in [0.2, 0.25) is 5.91 Å². The van der Waals surface area contributed by atoms with E-state index in [0.29, 0.717) is 35.0 Å². The van der Waals surface area contributed by atoms with Gasteiger partial charge in [0.05, 0.1) is 28.2 Å². The molecule has 0 bridgehead atoms. The number of nitrogens with zero attached hydrogens (tertiary/aromatic N) is 4. The van der Waals surface area contributed by atoms with Gasteiger partial charge in [0, 0.05) is 50.7 Å². The fourth-order valence-electron chi connectivity index (χ4n) is 5.01. The lowest BCUT2D eigenvalue weighted by molar-refractivity contribution is -0.133. The summed E-state index contributed by atoms with van der Waals surface area (Å²) in [6.07, 6.45) is 3.49. The van der Waals surface area contributed by atoms with E-state index in [1.807, 2.05) is 35.4 Å². The number of pyridine rings is 2. The van der Waals surface area contributed by atoms with Crippen LogP contribution in [0.5, 0.6) is 0 Å². The van der Waals surface area contributed by atoms with Gasteiger partial charge in [0.1, 0.15) is 11.5 Å². The summed E-state index contributed by atoms with van der Waals surface area (Å²) in [4.78, 5) is 41.5. The average molecular weight is 505 g/mol. The van der Waals surface area contributed by atoms with Crippen molar-refractivity contribution >= 4 is 46.0 Å². The number of benzene rings is 1. The number of aromatic nitrogens is 3. The molecule has 8 nitrogen and oxygen atoms in total. The maximum Gasteiger partial charge on any atom is 0.257 e. The third-order valence-corrected chi connectivity index (χ3v) is 6.85. The monoisotopic (exact) mass is 504 g/mol. The zero-order valence-electron chi connectivity index (χ0n) is 20.3. The molecule has 1 fully saturated rings. The summed E-state index contributed by atoms with van der Waals surface area (Å²) in [6.45, 7) is 7.19. The first-order valence-corrected chi connectivity index (χ1v) is 12.2. The zero-order valence-corrected chi connectivity index (χ0v) is 21.1. The molecule has 2 atom stereocenters. The zero-order chi connectivity index (χ0) is 25.4. The van der Waals surface area contributed by atoms with Crippen LogP contribution in [-0.2, 0) is 4.79 Å². The van der Waals surface area contributed by atoms with Gasteiger partial charge in [-0.3, -0.25) is 9.59 Å². The van der Waals surface area contributed by atoms with Crippen molar-refractivity contribution in [1.82, 2.24) is 19.9 Å². The predicted octanol–water partition coefficient (Wildman–Crippen LogP) is 5.22. The van der Waals surface area contributed by atoms with Crippen LogP contribution in [0.15, 0.2) is 60.9 Å². The number of hydrogen-bond donors (Lipinski definition) is 2. The average Bonchev–Trinajstić information content (AvgIpc) is 3.27. The maximum absolute atomic E-state index is 12.7. The van der Waals surface area contributed by atoms with E-state index in [-0.39, 0.29) is 25.3 Å². The van der Waals surface area contributed by atoms with Crippen LogP contribution in [0.3, 0.4) is 0 Å². The molecule has 0 radical (unpaired) electrons. The van der Waals surface area contributed by atoms with Crippen LogP contribution in [-0.4, -0.2) is 56.8 Å². The quantitative estimate of drug-likeness (QED) is 0.397. The van der Waals surface area contributed by atoms with Crippen molar-refractivity contribution in [2.75, 3.05) is 23.3 Å². The highest BCUT2D eigenvalue weighted by atomic mass is 35.5. The van der Waals surface area contributed by atoms with Crippen molar-refractivity contribution in [3.05, 3.63) is 71.5 Å². The highest BCUT2D eigenvalue weighted by Crippen LogP contribution is 2.31. The van der Waals surface area contributed by atoms with Gasteiger partial charge in [0.25, 0.3) is 5.91 Å². The number of piperazine rings is 1. The topological polar surface area (TPSA) is 94.2 Å². The van der Waals surface area contributed by atoms with E-state index in [2.05, 4.69) is 34.0 Å². The fourth-order valence-corrected chi connectivity index (χ4v) is 5.23. The summed E-state index contributed by atoms with van der Waals surface area (Å²) in [7, 11) is 0. The summed E-state index contributed by atoms with van der Waals surface area (Å²) in [5, 5.41) is 4.12. The number of anilines is 2. The molecule has 0 unspecified atom stereocenters. The summed E-state index contributed by atoms with van der Waals surface area (Å²) in [6, 6.07) is 14.9. The molecule has 5 rings (SSSR count). The third-order valence-electron chi connectivity index (χ3n) is 6.52. The van der Waals surface area contributed by atoms with Crippen LogP contribution in [0.1, 0.15) is 32.6 Å². The first kappa shape index (κ1) is 23.8. The largest absolute Gasteiger partial charge is 0.352 e. The molecule has 36 heavy (non-hydrogen) atoms. The molecule has 2 amide bonds. The van der Waals surface area contributed by atoms with Gasteiger partial charge < -0.3 is 20.1 Å². The number of carbonyl (C=O) groups is 2. The lowest BCUT2D eigenvalue weighted by Gasteiger charge is -2.44. The normalized spacial score (nSPS) is 17.9. The van der Waals surface area contributed by atoms with E-state index in [4.69, 9.17) is 16.6 Å². The molecule has 1 aromatic carbocycles. The van der Waals surface area contributed by atoms with Crippen molar-refractivity contribution < 1.29 is 11.0 Å². The highest BCUT2D eigenvalue weighted by Gasteiger charge is 2.31. The van der Waals surface area contributed by atoms with Crippen LogP contribution in [0, 0.1) is 0 Å². The highest BCUT2D eigenvalue weighted by molar-refractivity contribution is 6.34. The van der Waals surface area contributed by atoms with Crippen molar-refractivity contribution in [3.63, 3.8) is 0 Å². The fraction of sp³-hybridized carbons (Fsp3) is 0.259. The van der Waals surface area contributed by atoms with Crippen molar-refractivity contribution in [1.29, 1.82) is 0 Å². The lowest BCUT2D eigenvalue weighted by atomic mass is 10.1. The van der Waals surface area contributed by atoms with Crippen LogP contribution < -0.4 is 10.2 Å². The second-order valence-corrected chi connectivity index (χ2v) is 9.57. The van der Waals surface area contributed by atoms with Crippen molar-refractivity contribution in [2.45, 2.75) is 32.9 Å². The second kappa shape index (κ2) is 9.62. The lowest BCUT2D eigenvalue weighted by Crippen LogP contribution is -2.58. The van der Waals surface area contributed by atoms with Crippen LogP contribution in [0.25, 0.3) is 22.3 Å². The molecule has 4 heterocycles. The number of carbonyl (C=O) groups excluding carboxylic acids is 2. The number of amides is 2. The standard InChI is InChI=1S/C27H27ClN6O2.H2/c1-16-14-33(15-17(2)34(16)18(3)35)25-10-6-9-24(32-25)22-13-30-26-21(22)11-19(12-29-26)31-27(36)20-7-4-5-8-23(20)28;/h4-13,16-17H,14-15H2,1-3H3,(H,29,30)(H,31,36);1H/t16-,17+;. The number of H-pyrrole nitrogens is 1. The molecule has 0 spiro atoms. The molecular formula is C27H29ClN6O2. The van der Waals surface area contributed by atoms with Crippen LogP contribution in [0.4, 0.5) is 11.5 Å². The number of nitrogens with one attached hydrogen (secondary N) is 2. The Bertz CT molecular complexity index is 1450. The van der Waals surface area contributed by atoms with Gasteiger partial charge in [-0.15, -0.1) is 0 Å². The van der Waals surface area contributed by atoms with Crippen LogP contribution in [0.2, 0.25) is 5.02 Å². The maximum atomic E-state index is 12.7. The van der Waals surface area contributed by atoms with Crippen LogP contribution >= 0.6 is 11.6 Å². The second-order valence-electron chi connectivity index (χ2n) is 9.17. The van der Waals surface area contributed by atoms with Gasteiger partial charge in [-0.05, 0) is 44.2 Å². The molecule has 0 aliphatic carbocycles. The number of halogens is 1. The number of aromatic amines is 1. The number of hydrogen-bond acceptors (Lipinski definition) is 5. The minimum absolute atomic E-state index is 0. The molecule has 9 heteroatoms. The summed E-state index contributed by atoms with van der Waals surface area (Å²) >= 11 is 6.18. The van der Waals surface area contributed by atoms with E-state index >= 15 is 0 Å². The molecule has 186 valence electrons. The Balaban J connectivity index is 0.00000320. The Morgan fingerprint density at radius 3 is 2.58 bits per heavy atom. The van der Waals surface area contributed by atoms with E-state index in [1.165, 1.54) is 0 Å². The molecule has 3 aromatic heterocycles. The molecule has 1 aliphatic rings. The van der Waals surface area contributed by atoms with Gasteiger partial charge >= 0.3 is 0 Å². The van der Waals surface area contributed by atoms with Crippen molar-refractivity contribution in [3.8, 4) is 11.3 Å². The molecule has 4 aromatic rings. The summed E-state index contributed by atoms with van der Waals surface area (Å²) in [5.41, 5.74) is 3.34. The van der Waals surface area contributed by atoms with Gasteiger partial charge in [0.15, 0.2) is 0 Å². The summed E-state index contributed by atoms with van der Waals surface area (Å²) < 4.78 is 0. The molecule has 1 aliphatic heterocycles. The minimum Gasteiger partial charge on any atom is -0.352 e. The van der Waals surface area contributed by atoms with Gasteiger partial charge in [-0.2, -0.15) is 0 Å². The summed E-state index contributed by atoms with van der Waals surface area (Å²) in [5.74, 6) is 0.659. The van der Waals surface area contributed by atoms with E-state index < -0.39 is 0 Å². The molecule has 0 saturated carbocycles. The Labute approximate surface area is 215 Å². The predicted molar refractivity (Wildman–Crippen MR) is 145 cm³/mol. The third kappa shape index (κ3) is 4.52. The number of fused-ring (bicyclic) bond motifs is 1. The molecule has 2 N–H and O–H groups in total. The molecular weight excluding hydrogens is 476 g/mol. The molecule has 1 saturated heterocycles. The van der Waals surface area contributed by atoms with Crippen molar-refractivity contribution in [2.24, 2.45) is 0 Å². The number of rotatable bonds is 4. The van der Waals surface area contributed by atoms with Gasteiger partial charge in [-0.1, -0.05) is 29.8 Å². The minimum atomic E-state index is -0.299. The Morgan fingerprint density at radius 1 is 1.11 bits per heavy atom. The van der Waals surface area contributed by atoms with E-state index in [0.717, 1.165) is 22.5 Å². The van der Waals surface area contributed by atoms with E-state index in [9.17, 15) is 9.59 Å². The van der Waals surface area contributed by atoms with Gasteiger partial charge in [-0.25, -0.2) is 9.97 Å². The van der Waals surface area contributed by atoms with E-state index in [1.54, 1.807) is 37.4 Å². The Hall–Kier alpha value is -3.91. The first-order chi connectivity index (χ1) is 17.3. The first-order valence-electron chi connectivity index (χ1n) is 11.9. The smallest absolute Gasteiger partial charge is 0.257 e. The SMILES string of the molecule is CC(=O)N1[C@H](C)CN(c2cccc(-c3c[nH]c4ncc(NC(=O)c5ccccc5Cl)cc34)n2)C[C@@H]1C.[HH].